The van der Waals surface area contributed by atoms with Gasteiger partial charge in [0.1, 0.15) is 0 Å². The average molecular weight is 873 g/mol. The summed E-state index contributed by atoms with van der Waals surface area (Å²) in [6.45, 7) is 7.39. The Balaban J connectivity index is 1.33. The van der Waals surface area contributed by atoms with Crippen molar-refractivity contribution in [3.05, 3.63) is 74.9 Å². The van der Waals surface area contributed by atoms with E-state index in [1.165, 1.54) is 46.6 Å². The Morgan fingerprint density at radius 2 is 0.667 bits per heavy atom. The molecule has 0 bridgehead atoms. The van der Waals surface area contributed by atoms with Gasteiger partial charge in [-0.2, -0.15) is 0 Å². The summed E-state index contributed by atoms with van der Waals surface area (Å²) in [7, 11) is 0. The molecule has 7 rings (SSSR count). The highest BCUT2D eigenvalue weighted by Crippen LogP contribution is 2.59. The van der Waals surface area contributed by atoms with Crippen LogP contribution in [0.4, 0.5) is 0 Å². The van der Waals surface area contributed by atoms with E-state index in [0.29, 0.717) is 79.3 Å². The number of rotatable bonds is 0. The lowest BCUT2D eigenvalue weighted by Crippen LogP contribution is -2.17. The van der Waals surface area contributed by atoms with Crippen molar-refractivity contribution in [2.24, 2.45) is 0 Å². The number of terminal acetylenes is 2. The van der Waals surface area contributed by atoms with Crippen LogP contribution in [0, 0.1) is 24.7 Å². The summed E-state index contributed by atoms with van der Waals surface area (Å²) in [5, 5.41) is 7.07. The SMILES string of the molecule is C#Cc1ccc2c(=C3SC4=C(SCCOCCOCCOCCS4)S3)c3cc(C#C)ccc3c(=C3SC4=C(SCCOCCOCCOCCS4)S3)c2c1. The zero-order valence-corrected chi connectivity index (χ0v) is 36.2. The fraction of sp³-hybridized carbons (Fsp3) is 0.400. The molecule has 14 heteroatoms. The first-order chi connectivity index (χ1) is 26.7. The van der Waals surface area contributed by atoms with Gasteiger partial charge in [0.2, 0.25) is 0 Å². The van der Waals surface area contributed by atoms with E-state index in [4.69, 9.17) is 41.3 Å². The first kappa shape index (κ1) is 41.2. The predicted molar refractivity (Wildman–Crippen MR) is 243 cm³/mol. The van der Waals surface area contributed by atoms with E-state index in [1.807, 2.05) is 94.1 Å². The number of thioether (sulfide) groups is 8. The van der Waals surface area contributed by atoms with Crippen LogP contribution < -0.4 is 10.4 Å². The minimum atomic E-state index is 0.586. The molecule has 3 aromatic carbocycles. The van der Waals surface area contributed by atoms with Gasteiger partial charge in [0.25, 0.3) is 0 Å². The maximum absolute atomic E-state index is 6.07. The van der Waals surface area contributed by atoms with Crippen LogP contribution in [0.15, 0.2) is 53.3 Å². The van der Waals surface area contributed by atoms with E-state index in [1.54, 1.807) is 0 Å². The summed E-state index contributed by atoms with van der Waals surface area (Å²) in [5.41, 5.74) is 1.72. The summed E-state index contributed by atoms with van der Waals surface area (Å²) in [6, 6.07) is 13.0. The summed E-state index contributed by atoms with van der Waals surface area (Å²) in [4.78, 5) is 0. The average Bonchev–Trinajstić information content (AvgIpc) is 3.78. The van der Waals surface area contributed by atoms with E-state index < -0.39 is 0 Å². The van der Waals surface area contributed by atoms with Gasteiger partial charge < -0.3 is 28.4 Å². The topological polar surface area (TPSA) is 55.4 Å². The number of ether oxygens (including phenoxy) is 6. The Morgan fingerprint density at radius 3 is 0.963 bits per heavy atom. The molecule has 0 saturated heterocycles. The van der Waals surface area contributed by atoms with Crippen LogP contribution >= 0.6 is 94.1 Å². The van der Waals surface area contributed by atoms with Gasteiger partial charge in [0.05, 0.1) is 105 Å². The second-order valence-electron chi connectivity index (χ2n) is 11.8. The van der Waals surface area contributed by atoms with E-state index in [-0.39, 0.29) is 0 Å². The first-order valence-electron chi connectivity index (χ1n) is 17.6. The molecule has 4 heterocycles. The summed E-state index contributed by atoms with van der Waals surface area (Å²) >= 11 is 14.9. The second-order valence-corrected chi connectivity index (χ2v) is 21.8. The number of benzene rings is 3. The number of hydrogen-bond acceptors (Lipinski definition) is 14. The molecule has 0 unspecified atom stereocenters. The third-order valence-electron chi connectivity index (χ3n) is 8.26. The van der Waals surface area contributed by atoms with Crippen LogP contribution in [0.1, 0.15) is 11.1 Å². The number of fused-ring (bicyclic) bond motifs is 2. The van der Waals surface area contributed by atoms with Gasteiger partial charge in [-0.05, 0) is 45.8 Å². The van der Waals surface area contributed by atoms with Gasteiger partial charge in [0.15, 0.2) is 0 Å². The van der Waals surface area contributed by atoms with Crippen molar-refractivity contribution < 1.29 is 28.4 Å². The van der Waals surface area contributed by atoms with Crippen molar-refractivity contribution >= 4 is 124 Å². The molecule has 284 valence electrons. The summed E-state index contributed by atoms with van der Waals surface area (Å²) < 4.78 is 42.5. The molecule has 6 nitrogen and oxygen atoms in total. The zero-order valence-electron chi connectivity index (χ0n) is 29.6. The molecule has 0 radical (unpaired) electrons. The highest BCUT2D eigenvalue weighted by Gasteiger charge is 2.27. The second kappa shape index (κ2) is 21.7. The lowest BCUT2D eigenvalue weighted by Gasteiger charge is -2.13. The van der Waals surface area contributed by atoms with Crippen molar-refractivity contribution in [2.45, 2.75) is 0 Å². The van der Waals surface area contributed by atoms with Gasteiger partial charge in [-0.25, -0.2) is 0 Å². The first-order valence-corrected chi connectivity index (χ1v) is 24.8. The Bertz CT molecular complexity index is 1900. The standard InChI is InChI=1S/C40H40O6S8/c1-3-27-5-7-29-31(25-27)33(35-51-37-38(52-35)48-22-18-44-14-10-41-9-13-43-17-21-47-37)30-8-6-28(4-2)26-32(30)34(29)36-53-39-40(54-36)50-24-20-46-16-12-42-11-15-45-19-23-49-39/h1-2,5-8,25-26H,9-24H2. The highest BCUT2D eigenvalue weighted by molar-refractivity contribution is 8.46. The zero-order chi connectivity index (χ0) is 37.0. The third kappa shape index (κ3) is 10.8. The molecule has 0 aliphatic carbocycles. The molecule has 0 N–H and O–H groups in total. The number of hydrogen-bond donors (Lipinski definition) is 0. The van der Waals surface area contributed by atoms with Crippen molar-refractivity contribution in [3.63, 3.8) is 0 Å². The third-order valence-corrected chi connectivity index (χ3v) is 19.2. The summed E-state index contributed by atoms with van der Waals surface area (Å²) in [6.07, 6.45) is 12.1. The monoisotopic (exact) mass is 872 g/mol. The van der Waals surface area contributed by atoms with Crippen molar-refractivity contribution in [2.75, 3.05) is 102 Å². The van der Waals surface area contributed by atoms with Crippen molar-refractivity contribution in [3.8, 4) is 24.7 Å². The maximum Gasteiger partial charge on any atom is 0.0701 e. The lowest BCUT2D eigenvalue weighted by molar-refractivity contribution is 0.0205. The summed E-state index contributed by atoms with van der Waals surface area (Å²) in [5.74, 6) is 9.33. The molecule has 0 fully saturated rings. The van der Waals surface area contributed by atoms with E-state index in [9.17, 15) is 0 Å². The van der Waals surface area contributed by atoms with Crippen LogP contribution in [0.2, 0.25) is 0 Å². The van der Waals surface area contributed by atoms with E-state index >= 15 is 0 Å². The quantitative estimate of drug-likeness (QED) is 0.161. The van der Waals surface area contributed by atoms with Gasteiger partial charge in [-0.15, -0.1) is 59.9 Å². The smallest absolute Gasteiger partial charge is 0.0701 e. The molecule has 3 aromatic rings. The minimum absolute atomic E-state index is 0.586. The Kier molecular flexibility index (Phi) is 16.6. The Morgan fingerprint density at radius 1 is 0.370 bits per heavy atom. The van der Waals surface area contributed by atoms with Crippen LogP contribution in [0.5, 0.6) is 0 Å². The largest absolute Gasteiger partial charge is 0.378 e. The molecule has 0 spiro atoms. The van der Waals surface area contributed by atoms with Crippen molar-refractivity contribution in [1.29, 1.82) is 0 Å². The predicted octanol–water partition coefficient (Wildman–Crippen LogP) is 8.36. The van der Waals surface area contributed by atoms with E-state index in [2.05, 4.69) is 48.2 Å². The Hall–Kier alpha value is -0.920. The molecule has 0 amide bonds. The normalized spacial score (nSPS) is 21.1. The Labute approximate surface area is 351 Å². The van der Waals surface area contributed by atoms with Crippen LogP contribution in [-0.2, 0) is 28.4 Å². The van der Waals surface area contributed by atoms with Crippen LogP contribution in [0.25, 0.3) is 30.0 Å². The molecule has 4 aliphatic rings. The molecule has 0 atom stereocenters. The van der Waals surface area contributed by atoms with Gasteiger partial charge >= 0.3 is 0 Å². The molecule has 0 saturated carbocycles. The molecule has 0 aromatic heterocycles. The fourth-order valence-electron chi connectivity index (χ4n) is 5.81. The molecule has 54 heavy (non-hydrogen) atoms. The molecular formula is C40H40O6S8. The minimum Gasteiger partial charge on any atom is -0.378 e. The van der Waals surface area contributed by atoms with Gasteiger partial charge in [-0.1, -0.05) is 71.0 Å². The molecule has 4 aliphatic heterocycles. The van der Waals surface area contributed by atoms with Crippen molar-refractivity contribution in [1.82, 2.24) is 0 Å². The molecular weight excluding hydrogens is 833 g/mol. The van der Waals surface area contributed by atoms with Crippen LogP contribution in [-0.4, -0.2) is 102 Å². The van der Waals surface area contributed by atoms with Gasteiger partial charge in [-0.3, -0.25) is 0 Å². The van der Waals surface area contributed by atoms with Gasteiger partial charge in [0, 0.05) is 44.6 Å². The lowest BCUT2D eigenvalue weighted by atomic mass is 9.96. The highest BCUT2D eigenvalue weighted by atomic mass is 32.3. The maximum atomic E-state index is 6.07. The van der Waals surface area contributed by atoms with E-state index in [0.717, 1.165) is 44.9 Å². The fourth-order valence-corrected chi connectivity index (χ4v) is 17.4. The van der Waals surface area contributed by atoms with Crippen LogP contribution in [0.3, 0.4) is 0 Å².